The van der Waals surface area contributed by atoms with E-state index < -0.39 is 0 Å². The summed E-state index contributed by atoms with van der Waals surface area (Å²) in [4.78, 5) is 2.26. The van der Waals surface area contributed by atoms with Crippen molar-refractivity contribution in [2.75, 3.05) is 30.0 Å². The fourth-order valence-electron chi connectivity index (χ4n) is 2.47. The van der Waals surface area contributed by atoms with Gasteiger partial charge in [-0.3, -0.25) is 0 Å². The Morgan fingerprint density at radius 1 is 1.47 bits per heavy atom. The normalized spacial score (nSPS) is 18.8. The molecule has 1 aliphatic rings. The number of nitrogens with zero attached hydrogens (tertiary/aromatic N) is 1. The second-order valence-corrected chi connectivity index (χ2v) is 6.19. The van der Waals surface area contributed by atoms with Crippen LogP contribution in [0.3, 0.4) is 0 Å². The lowest BCUT2D eigenvalue weighted by molar-refractivity contribution is 0.582. The van der Waals surface area contributed by atoms with Crippen LogP contribution in [0.15, 0.2) is 18.2 Å². The lowest BCUT2D eigenvalue weighted by atomic mass is 10.1. The number of hydrogen-bond acceptors (Lipinski definition) is 3. The molecule has 1 atom stereocenters. The predicted octanol–water partition coefficient (Wildman–Crippen LogP) is 3.27. The fourth-order valence-corrected chi connectivity index (χ4v) is 3.73. The van der Waals surface area contributed by atoms with Crippen molar-refractivity contribution in [3.8, 4) is 0 Å². The average molecular weight is 282 g/mol. The van der Waals surface area contributed by atoms with E-state index >= 15 is 0 Å². The van der Waals surface area contributed by atoms with Crippen molar-refractivity contribution in [2.24, 2.45) is 0 Å². The largest absolute Gasteiger partial charge is 0.370 e. The first-order valence-corrected chi connectivity index (χ1v) is 8.18. The van der Waals surface area contributed by atoms with Crippen LogP contribution in [0.4, 0.5) is 10.1 Å². The van der Waals surface area contributed by atoms with Crippen LogP contribution in [0, 0.1) is 5.82 Å². The maximum Gasteiger partial charge on any atom is 0.129 e. The van der Waals surface area contributed by atoms with Gasteiger partial charge in [-0.1, -0.05) is 13.0 Å². The van der Waals surface area contributed by atoms with E-state index in [0.717, 1.165) is 30.0 Å². The Kier molecular flexibility index (Phi) is 5.52. The minimum Gasteiger partial charge on any atom is -0.370 e. The van der Waals surface area contributed by atoms with Crippen LogP contribution >= 0.6 is 11.8 Å². The highest BCUT2D eigenvalue weighted by atomic mass is 32.2. The summed E-state index contributed by atoms with van der Waals surface area (Å²) in [7, 11) is 2.09. The summed E-state index contributed by atoms with van der Waals surface area (Å²) in [5, 5.41) is 3.31. The van der Waals surface area contributed by atoms with Gasteiger partial charge in [0.05, 0.1) is 0 Å². The summed E-state index contributed by atoms with van der Waals surface area (Å²) in [5.41, 5.74) is 1.84. The number of anilines is 1. The smallest absolute Gasteiger partial charge is 0.129 e. The second kappa shape index (κ2) is 7.15. The molecule has 106 valence electrons. The minimum absolute atomic E-state index is 0.0985. The van der Waals surface area contributed by atoms with Crippen LogP contribution in [-0.4, -0.2) is 31.1 Å². The van der Waals surface area contributed by atoms with E-state index in [4.69, 9.17) is 0 Å². The van der Waals surface area contributed by atoms with E-state index in [2.05, 4.69) is 24.2 Å². The molecule has 0 aliphatic carbocycles. The molecule has 19 heavy (non-hydrogen) atoms. The summed E-state index contributed by atoms with van der Waals surface area (Å²) in [6.45, 7) is 3.66. The molecule has 0 bridgehead atoms. The second-order valence-electron chi connectivity index (χ2n) is 5.04. The third-order valence-corrected chi connectivity index (χ3v) is 4.80. The van der Waals surface area contributed by atoms with E-state index in [-0.39, 0.29) is 5.82 Å². The Balaban J connectivity index is 2.15. The summed E-state index contributed by atoms with van der Waals surface area (Å²) in [6, 6.07) is 5.95. The van der Waals surface area contributed by atoms with E-state index in [1.165, 1.54) is 12.2 Å². The molecule has 0 aromatic heterocycles. The SMILES string of the molecule is CCCNCc1c(F)cccc1N(C)C1CCSC1. The third-order valence-electron chi connectivity index (χ3n) is 3.66. The first-order valence-electron chi connectivity index (χ1n) is 7.02. The molecule has 0 spiro atoms. The number of hydrogen-bond donors (Lipinski definition) is 1. The van der Waals surface area contributed by atoms with Gasteiger partial charge in [-0.05, 0) is 37.3 Å². The molecule has 0 amide bonds. The predicted molar refractivity (Wildman–Crippen MR) is 82.5 cm³/mol. The van der Waals surface area contributed by atoms with Crippen LogP contribution in [0.1, 0.15) is 25.3 Å². The van der Waals surface area contributed by atoms with Crippen molar-refractivity contribution in [3.05, 3.63) is 29.6 Å². The average Bonchev–Trinajstić information content (AvgIpc) is 2.94. The number of benzene rings is 1. The zero-order valence-corrected chi connectivity index (χ0v) is 12.6. The summed E-state index contributed by atoms with van der Waals surface area (Å²) in [5.74, 6) is 2.27. The first kappa shape index (κ1) is 14.7. The minimum atomic E-state index is -0.0985. The maximum absolute atomic E-state index is 14.1. The Labute approximate surface area is 119 Å². The molecule has 2 rings (SSSR count). The monoisotopic (exact) mass is 282 g/mol. The highest BCUT2D eigenvalue weighted by molar-refractivity contribution is 7.99. The molecule has 1 aromatic carbocycles. The van der Waals surface area contributed by atoms with Crippen molar-refractivity contribution in [1.82, 2.24) is 5.32 Å². The molecule has 1 aliphatic heterocycles. The number of halogens is 1. The molecular formula is C15H23FN2S. The van der Waals surface area contributed by atoms with Crippen molar-refractivity contribution >= 4 is 17.4 Å². The van der Waals surface area contributed by atoms with Crippen LogP contribution in [0.5, 0.6) is 0 Å². The Morgan fingerprint density at radius 3 is 3.00 bits per heavy atom. The van der Waals surface area contributed by atoms with Gasteiger partial charge in [0.2, 0.25) is 0 Å². The number of nitrogens with one attached hydrogen (secondary N) is 1. The van der Waals surface area contributed by atoms with Crippen molar-refractivity contribution in [1.29, 1.82) is 0 Å². The van der Waals surface area contributed by atoms with Crippen LogP contribution in [0.2, 0.25) is 0 Å². The van der Waals surface area contributed by atoms with Crippen LogP contribution < -0.4 is 10.2 Å². The standard InChI is InChI=1S/C15H23FN2S/c1-3-8-17-10-13-14(16)5-4-6-15(13)18(2)12-7-9-19-11-12/h4-6,12,17H,3,7-11H2,1-2H3. The Hall–Kier alpha value is -0.740. The molecule has 4 heteroatoms. The molecule has 1 saturated heterocycles. The van der Waals surface area contributed by atoms with E-state index in [1.807, 2.05) is 23.9 Å². The molecule has 1 fully saturated rings. The van der Waals surface area contributed by atoms with Gasteiger partial charge in [0.25, 0.3) is 0 Å². The van der Waals surface area contributed by atoms with Gasteiger partial charge in [-0.2, -0.15) is 11.8 Å². The molecule has 1 aromatic rings. The molecule has 0 saturated carbocycles. The summed E-state index contributed by atoms with van der Waals surface area (Å²) in [6.07, 6.45) is 2.26. The summed E-state index contributed by atoms with van der Waals surface area (Å²) < 4.78 is 14.1. The molecule has 2 nitrogen and oxygen atoms in total. The third kappa shape index (κ3) is 3.63. The van der Waals surface area contributed by atoms with E-state index in [0.29, 0.717) is 12.6 Å². The van der Waals surface area contributed by atoms with Gasteiger partial charge < -0.3 is 10.2 Å². The van der Waals surface area contributed by atoms with E-state index in [9.17, 15) is 4.39 Å². The quantitative estimate of drug-likeness (QED) is 0.806. The zero-order chi connectivity index (χ0) is 13.7. The number of rotatable bonds is 6. The zero-order valence-electron chi connectivity index (χ0n) is 11.8. The van der Waals surface area contributed by atoms with Crippen molar-refractivity contribution < 1.29 is 4.39 Å². The van der Waals surface area contributed by atoms with Crippen molar-refractivity contribution in [2.45, 2.75) is 32.4 Å². The summed E-state index contributed by atoms with van der Waals surface area (Å²) >= 11 is 1.99. The molecule has 1 unspecified atom stereocenters. The van der Waals surface area contributed by atoms with Gasteiger partial charge in [0.15, 0.2) is 0 Å². The maximum atomic E-state index is 14.1. The van der Waals surface area contributed by atoms with Crippen LogP contribution in [0.25, 0.3) is 0 Å². The Morgan fingerprint density at radius 2 is 2.32 bits per heavy atom. The number of thioether (sulfide) groups is 1. The molecule has 0 radical (unpaired) electrons. The highest BCUT2D eigenvalue weighted by Gasteiger charge is 2.22. The molecular weight excluding hydrogens is 259 g/mol. The lowest BCUT2D eigenvalue weighted by Crippen LogP contribution is -2.32. The Bertz CT molecular complexity index is 405. The van der Waals surface area contributed by atoms with E-state index in [1.54, 1.807) is 6.07 Å². The van der Waals surface area contributed by atoms with Gasteiger partial charge in [-0.25, -0.2) is 4.39 Å². The molecule has 1 N–H and O–H groups in total. The van der Waals surface area contributed by atoms with Crippen LogP contribution in [-0.2, 0) is 6.54 Å². The topological polar surface area (TPSA) is 15.3 Å². The van der Waals surface area contributed by atoms with Gasteiger partial charge >= 0.3 is 0 Å². The highest BCUT2D eigenvalue weighted by Crippen LogP contribution is 2.29. The fraction of sp³-hybridized carbons (Fsp3) is 0.600. The van der Waals surface area contributed by atoms with Gasteiger partial charge in [0, 0.05) is 36.6 Å². The lowest BCUT2D eigenvalue weighted by Gasteiger charge is -2.28. The van der Waals surface area contributed by atoms with Gasteiger partial charge in [-0.15, -0.1) is 0 Å². The molecule has 1 heterocycles. The van der Waals surface area contributed by atoms with Crippen molar-refractivity contribution in [3.63, 3.8) is 0 Å². The first-order chi connectivity index (χ1) is 9.24. The van der Waals surface area contributed by atoms with Gasteiger partial charge in [0.1, 0.15) is 5.82 Å².